The van der Waals surface area contributed by atoms with E-state index in [1.807, 2.05) is 12.1 Å². The summed E-state index contributed by atoms with van der Waals surface area (Å²) in [4.78, 5) is 11.1. The van der Waals surface area contributed by atoms with E-state index in [-0.39, 0.29) is 12.1 Å². The second-order valence-corrected chi connectivity index (χ2v) is 3.86. The molecule has 0 bridgehead atoms. The van der Waals surface area contributed by atoms with Gasteiger partial charge in [0.15, 0.2) is 0 Å². The van der Waals surface area contributed by atoms with Gasteiger partial charge in [-0.2, -0.15) is 0 Å². The summed E-state index contributed by atoms with van der Waals surface area (Å²) in [6, 6.07) is 7.68. The maximum absolute atomic E-state index is 11.1. The van der Waals surface area contributed by atoms with Crippen LogP contribution in [0.15, 0.2) is 24.3 Å². The van der Waals surface area contributed by atoms with Crippen molar-refractivity contribution in [3.63, 3.8) is 0 Å². The minimum atomic E-state index is -0.458. The molecule has 1 saturated heterocycles. The molecule has 3 nitrogen and oxygen atoms in total. The van der Waals surface area contributed by atoms with Gasteiger partial charge in [0, 0.05) is 6.42 Å². The summed E-state index contributed by atoms with van der Waals surface area (Å²) in [5.74, 6) is -0.292. The number of hydrogen-bond donors (Lipinski definition) is 1. The minimum Gasteiger partial charge on any atom is -0.456 e. The van der Waals surface area contributed by atoms with Crippen LogP contribution in [0.1, 0.15) is 30.6 Å². The summed E-state index contributed by atoms with van der Waals surface area (Å²) >= 11 is 0. The number of nitrogens with two attached hydrogens (primary N) is 1. The SMILES string of the molecule is CCc1ccc(C2CC(N)C(=O)O2)cc1. The third-order valence-electron chi connectivity index (χ3n) is 2.79. The summed E-state index contributed by atoms with van der Waals surface area (Å²) in [5, 5.41) is 0. The number of ether oxygens (including phenoxy) is 1. The van der Waals surface area contributed by atoms with Crippen molar-refractivity contribution in [2.75, 3.05) is 0 Å². The molecular weight excluding hydrogens is 190 g/mol. The summed E-state index contributed by atoms with van der Waals surface area (Å²) in [7, 11) is 0. The van der Waals surface area contributed by atoms with Gasteiger partial charge in [-0.05, 0) is 17.5 Å². The lowest BCUT2D eigenvalue weighted by molar-refractivity contribution is -0.142. The number of hydrogen-bond acceptors (Lipinski definition) is 3. The van der Waals surface area contributed by atoms with Gasteiger partial charge in [-0.15, -0.1) is 0 Å². The van der Waals surface area contributed by atoms with Gasteiger partial charge in [0.25, 0.3) is 0 Å². The lowest BCUT2D eigenvalue weighted by Crippen LogP contribution is -2.24. The Bertz CT molecular complexity index is 358. The first kappa shape index (κ1) is 10.2. The molecule has 1 aromatic rings. The smallest absolute Gasteiger partial charge is 0.323 e. The molecule has 80 valence electrons. The van der Waals surface area contributed by atoms with E-state index in [0.29, 0.717) is 6.42 Å². The zero-order valence-electron chi connectivity index (χ0n) is 8.77. The molecule has 0 radical (unpaired) electrons. The normalized spacial score (nSPS) is 25.3. The van der Waals surface area contributed by atoms with Crippen LogP contribution >= 0.6 is 0 Å². The zero-order valence-corrected chi connectivity index (χ0v) is 8.77. The molecule has 2 rings (SSSR count). The molecule has 1 aliphatic heterocycles. The number of rotatable bonds is 2. The van der Waals surface area contributed by atoms with Crippen molar-refractivity contribution in [1.82, 2.24) is 0 Å². The molecule has 0 amide bonds. The van der Waals surface area contributed by atoms with Gasteiger partial charge in [0.1, 0.15) is 12.1 Å². The standard InChI is InChI=1S/C12H15NO2/c1-2-8-3-5-9(6-4-8)11-7-10(13)12(14)15-11/h3-6,10-11H,2,7,13H2,1H3. The first-order chi connectivity index (χ1) is 7.20. The average molecular weight is 205 g/mol. The molecule has 3 heteroatoms. The molecular formula is C12H15NO2. The van der Waals surface area contributed by atoms with E-state index in [1.165, 1.54) is 5.56 Å². The van der Waals surface area contributed by atoms with E-state index in [9.17, 15) is 4.79 Å². The number of benzene rings is 1. The Morgan fingerprint density at radius 2 is 2.07 bits per heavy atom. The second-order valence-electron chi connectivity index (χ2n) is 3.86. The third kappa shape index (κ3) is 2.02. The molecule has 1 aliphatic rings. The highest BCUT2D eigenvalue weighted by Crippen LogP contribution is 2.28. The molecule has 0 aromatic heterocycles. The van der Waals surface area contributed by atoms with Gasteiger partial charge in [-0.3, -0.25) is 4.79 Å². The lowest BCUT2D eigenvalue weighted by atomic mass is 10.0. The van der Waals surface area contributed by atoms with E-state index >= 15 is 0 Å². The Labute approximate surface area is 89.2 Å². The Morgan fingerprint density at radius 3 is 2.53 bits per heavy atom. The highest BCUT2D eigenvalue weighted by molar-refractivity contribution is 5.77. The number of carbonyl (C=O) groups excluding carboxylic acids is 1. The van der Waals surface area contributed by atoms with E-state index in [0.717, 1.165) is 12.0 Å². The molecule has 1 heterocycles. The van der Waals surface area contributed by atoms with Crippen LogP contribution in [0.4, 0.5) is 0 Å². The van der Waals surface area contributed by atoms with Gasteiger partial charge in [0.2, 0.25) is 0 Å². The maximum Gasteiger partial charge on any atom is 0.323 e. The molecule has 1 aromatic carbocycles. The highest BCUT2D eigenvalue weighted by atomic mass is 16.6. The van der Waals surface area contributed by atoms with Gasteiger partial charge in [0.05, 0.1) is 0 Å². The average Bonchev–Trinajstić information content (AvgIpc) is 2.59. The minimum absolute atomic E-state index is 0.154. The van der Waals surface area contributed by atoms with E-state index < -0.39 is 6.04 Å². The van der Waals surface area contributed by atoms with Crippen molar-refractivity contribution in [3.05, 3.63) is 35.4 Å². The first-order valence-electron chi connectivity index (χ1n) is 5.25. The fraction of sp³-hybridized carbons (Fsp3) is 0.417. The van der Waals surface area contributed by atoms with Gasteiger partial charge >= 0.3 is 5.97 Å². The largest absolute Gasteiger partial charge is 0.456 e. The predicted molar refractivity (Wildman–Crippen MR) is 57.2 cm³/mol. The number of aryl methyl sites for hydroxylation is 1. The molecule has 2 unspecified atom stereocenters. The summed E-state index contributed by atoms with van der Waals surface area (Å²) in [6.07, 6.45) is 1.45. The fourth-order valence-electron chi connectivity index (χ4n) is 1.77. The summed E-state index contributed by atoms with van der Waals surface area (Å²) < 4.78 is 5.17. The van der Waals surface area contributed by atoms with E-state index in [4.69, 9.17) is 10.5 Å². The Kier molecular flexibility index (Phi) is 2.73. The van der Waals surface area contributed by atoms with Crippen molar-refractivity contribution in [2.24, 2.45) is 5.73 Å². The van der Waals surface area contributed by atoms with Gasteiger partial charge in [-0.25, -0.2) is 0 Å². The monoisotopic (exact) mass is 205 g/mol. The van der Waals surface area contributed by atoms with Crippen molar-refractivity contribution in [1.29, 1.82) is 0 Å². The van der Waals surface area contributed by atoms with Crippen molar-refractivity contribution in [3.8, 4) is 0 Å². The van der Waals surface area contributed by atoms with Crippen LogP contribution in [0.3, 0.4) is 0 Å². The Hall–Kier alpha value is -1.35. The van der Waals surface area contributed by atoms with Gasteiger partial charge < -0.3 is 10.5 Å². The zero-order chi connectivity index (χ0) is 10.8. The molecule has 2 atom stereocenters. The van der Waals surface area contributed by atoms with Crippen LogP contribution < -0.4 is 5.73 Å². The third-order valence-corrected chi connectivity index (χ3v) is 2.79. The van der Waals surface area contributed by atoms with Crippen LogP contribution in [-0.4, -0.2) is 12.0 Å². The number of esters is 1. The van der Waals surface area contributed by atoms with Crippen molar-refractivity contribution < 1.29 is 9.53 Å². The van der Waals surface area contributed by atoms with E-state index in [2.05, 4.69) is 19.1 Å². The highest BCUT2D eigenvalue weighted by Gasteiger charge is 2.32. The first-order valence-corrected chi connectivity index (χ1v) is 5.25. The molecule has 0 spiro atoms. The summed E-state index contributed by atoms with van der Waals surface area (Å²) in [5.41, 5.74) is 7.91. The fourth-order valence-corrected chi connectivity index (χ4v) is 1.77. The molecule has 0 saturated carbocycles. The molecule has 0 aliphatic carbocycles. The number of cyclic esters (lactones) is 1. The topological polar surface area (TPSA) is 52.3 Å². The van der Waals surface area contributed by atoms with Crippen LogP contribution in [0.2, 0.25) is 0 Å². The van der Waals surface area contributed by atoms with Crippen LogP contribution in [0, 0.1) is 0 Å². The lowest BCUT2D eigenvalue weighted by Gasteiger charge is -2.09. The van der Waals surface area contributed by atoms with Crippen LogP contribution in [0.25, 0.3) is 0 Å². The quantitative estimate of drug-likeness (QED) is 0.745. The van der Waals surface area contributed by atoms with Gasteiger partial charge in [-0.1, -0.05) is 31.2 Å². The predicted octanol–water partition coefficient (Wildman–Crippen LogP) is 1.56. The second kappa shape index (κ2) is 4.03. The van der Waals surface area contributed by atoms with Crippen molar-refractivity contribution in [2.45, 2.75) is 31.9 Å². The summed E-state index contributed by atoms with van der Waals surface area (Å²) in [6.45, 7) is 2.11. The van der Waals surface area contributed by atoms with E-state index in [1.54, 1.807) is 0 Å². The molecule has 2 N–H and O–H groups in total. The maximum atomic E-state index is 11.1. The molecule has 15 heavy (non-hydrogen) atoms. The Morgan fingerprint density at radius 1 is 1.40 bits per heavy atom. The molecule has 1 fully saturated rings. The van der Waals surface area contributed by atoms with Crippen LogP contribution in [-0.2, 0) is 16.0 Å². The Balaban J connectivity index is 2.13. The van der Waals surface area contributed by atoms with Crippen LogP contribution in [0.5, 0.6) is 0 Å². The van der Waals surface area contributed by atoms with Crippen molar-refractivity contribution >= 4 is 5.97 Å². The number of carbonyl (C=O) groups is 1.